The fourth-order valence-electron chi connectivity index (χ4n) is 6.31. The van der Waals surface area contributed by atoms with Crippen LogP contribution in [0, 0.1) is 17.3 Å². The summed E-state index contributed by atoms with van der Waals surface area (Å²) in [4.78, 5) is 68.8. The highest BCUT2D eigenvalue weighted by molar-refractivity contribution is 5.96. The molecule has 0 fully saturated rings. The molecule has 0 unspecified atom stereocenters. The number of fused-ring (bicyclic) bond motifs is 1. The van der Waals surface area contributed by atoms with E-state index in [1.807, 2.05) is 95.6 Å². The Bertz CT molecular complexity index is 2430. The first-order valence-electron chi connectivity index (χ1n) is 18.3. The molecule has 1 atom stereocenters. The van der Waals surface area contributed by atoms with E-state index in [2.05, 4.69) is 37.4 Å². The van der Waals surface area contributed by atoms with Gasteiger partial charge in [0.1, 0.15) is 17.3 Å². The number of nitrogens with zero attached hydrogens (tertiary/aromatic N) is 5. The molecule has 0 bridgehead atoms. The number of pyridine rings is 1. The number of carbonyl (C=O) groups is 4. The lowest BCUT2D eigenvalue weighted by Gasteiger charge is -2.38. The monoisotopic (exact) mass is 779 g/mol. The Morgan fingerprint density at radius 1 is 0.810 bits per heavy atom. The summed E-state index contributed by atoms with van der Waals surface area (Å²) in [7, 11) is 2.42. The molecule has 0 aliphatic carbocycles. The summed E-state index contributed by atoms with van der Waals surface area (Å²) in [6.45, 7) is 5.22. The van der Waals surface area contributed by atoms with E-state index in [0.717, 1.165) is 16.7 Å². The van der Waals surface area contributed by atoms with Crippen LogP contribution < -0.4 is 10.6 Å². The zero-order valence-corrected chi connectivity index (χ0v) is 32.5. The molecule has 14 nitrogen and oxygen atoms in total. The lowest BCUT2D eigenvalue weighted by Crippen LogP contribution is -2.42. The quantitative estimate of drug-likeness (QED) is 0.0871. The number of imidazole rings is 1. The Hall–Kier alpha value is -7.40. The van der Waals surface area contributed by atoms with Crippen molar-refractivity contribution in [1.82, 2.24) is 29.8 Å². The van der Waals surface area contributed by atoms with Crippen molar-refractivity contribution < 1.29 is 33.8 Å². The van der Waals surface area contributed by atoms with Gasteiger partial charge < -0.3 is 24.5 Å². The molecule has 3 heterocycles. The molecule has 14 heteroatoms. The highest BCUT2D eigenvalue weighted by atomic mass is 16.5. The van der Waals surface area contributed by atoms with Crippen LogP contribution in [0.2, 0.25) is 0 Å². The number of hydrogen-bond acceptors (Lipinski definition) is 11. The Morgan fingerprint density at radius 2 is 1.40 bits per heavy atom. The van der Waals surface area contributed by atoms with E-state index in [1.165, 1.54) is 20.4 Å². The number of esters is 2. The predicted molar refractivity (Wildman–Crippen MR) is 214 cm³/mol. The van der Waals surface area contributed by atoms with Crippen molar-refractivity contribution in [2.45, 2.75) is 45.2 Å². The van der Waals surface area contributed by atoms with Gasteiger partial charge in [-0.15, -0.1) is 0 Å². The zero-order chi connectivity index (χ0) is 41.5. The molecule has 0 aliphatic heterocycles. The number of aromatic nitrogens is 5. The van der Waals surface area contributed by atoms with Gasteiger partial charge in [-0.1, -0.05) is 118 Å². The summed E-state index contributed by atoms with van der Waals surface area (Å²) in [6, 6.07) is 29.5. The Labute approximate surface area is 334 Å². The number of hydrogen-bond donors (Lipinski definition) is 3. The molecule has 3 N–H and O–H groups in total. The first kappa shape index (κ1) is 40.3. The number of rotatable bonds is 11. The normalized spacial score (nSPS) is 11.8. The molecule has 6 aromatic rings. The van der Waals surface area contributed by atoms with Crippen molar-refractivity contribution in [1.29, 1.82) is 0 Å². The Morgan fingerprint density at radius 3 is 1.93 bits per heavy atom. The molecule has 6 rings (SSSR count). The third-order valence-corrected chi connectivity index (χ3v) is 9.29. The number of aromatic hydroxyl groups is 1. The second kappa shape index (κ2) is 17.2. The molecule has 0 saturated carbocycles. The maximum Gasteiger partial charge on any atom is 0.328 e. The Kier molecular flexibility index (Phi) is 11.9. The maximum absolute atomic E-state index is 14.1. The summed E-state index contributed by atoms with van der Waals surface area (Å²) >= 11 is 0. The summed E-state index contributed by atoms with van der Waals surface area (Å²) in [6.07, 6.45) is 2.82. The first-order valence-corrected chi connectivity index (χ1v) is 18.3. The van der Waals surface area contributed by atoms with Crippen molar-refractivity contribution >= 4 is 40.7 Å². The minimum atomic E-state index is -1.18. The average molecular weight is 780 g/mol. The second-order valence-corrected chi connectivity index (χ2v) is 14.2. The molecule has 3 aromatic heterocycles. The lowest BCUT2D eigenvalue weighted by molar-refractivity contribution is -0.144. The van der Waals surface area contributed by atoms with Gasteiger partial charge in [0.2, 0.25) is 17.7 Å². The number of methoxy groups -OCH3 is 2. The average Bonchev–Trinajstić information content (AvgIpc) is 3.66. The number of ether oxygens (including phenoxy) is 2. The largest absolute Gasteiger partial charge is 0.493 e. The van der Waals surface area contributed by atoms with E-state index in [-0.39, 0.29) is 47.2 Å². The summed E-state index contributed by atoms with van der Waals surface area (Å²) in [5, 5.41) is 16.3. The Balaban J connectivity index is 1.53. The lowest BCUT2D eigenvalue weighted by atomic mass is 9.76. The molecule has 0 radical (unpaired) electrons. The van der Waals surface area contributed by atoms with Crippen LogP contribution in [0.15, 0.2) is 109 Å². The second-order valence-electron chi connectivity index (χ2n) is 14.2. The van der Waals surface area contributed by atoms with E-state index in [0.29, 0.717) is 5.56 Å². The molecule has 2 amide bonds. The van der Waals surface area contributed by atoms with Gasteiger partial charge >= 0.3 is 11.9 Å². The van der Waals surface area contributed by atoms with Crippen LogP contribution in [0.25, 0.3) is 11.0 Å². The standard InChI is InChI=1S/C44H41N7O7/c1-43(2,3)41(56)50-42-48-37-32(38(53)49-42)25-28(26-45-37)21-23-35-46-34(39(54)47-33(40(55)58-5)22-24-36(52)57-4)27-51(35)44(29-15-9-6-10-16-29,30-17-11-7-12-18-30)31-19-13-8-14-20-31/h6-20,25-27,33H,22,24H2,1-5H3,(H,47,54)(H2,45,48,49,50,53,56)/t33-/m0/s1. The number of carbonyl (C=O) groups excluding carboxylic acids is 4. The van der Waals surface area contributed by atoms with Crippen LogP contribution in [-0.2, 0) is 29.4 Å². The van der Waals surface area contributed by atoms with Crippen LogP contribution in [-0.4, -0.2) is 73.6 Å². The first-order chi connectivity index (χ1) is 27.8. The summed E-state index contributed by atoms with van der Waals surface area (Å²) in [5.41, 5.74) is 1.03. The van der Waals surface area contributed by atoms with E-state index in [1.54, 1.807) is 33.0 Å². The van der Waals surface area contributed by atoms with Gasteiger partial charge in [0.25, 0.3) is 5.91 Å². The van der Waals surface area contributed by atoms with Crippen molar-refractivity contribution in [3.8, 4) is 17.7 Å². The van der Waals surface area contributed by atoms with Gasteiger partial charge in [-0.3, -0.25) is 19.7 Å². The van der Waals surface area contributed by atoms with Crippen LogP contribution >= 0.6 is 0 Å². The van der Waals surface area contributed by atoms with Crippen LogP contribution in [0.4, 0.5) is 5.95 Å². The van der Waals surface area contributed by atoms with Gasteiger partial charge in [-0.05, 0) is 35.1 Å². The van der Waals surface area contributed by atoms with Gasteiger partial charge in [0.05, 0.1) is 19.6 Å². The number of amides is 2. The molecule has 0 saturated heterocycles. The summed E-state index contributed by atoms with van der Waals surface area (Å²) < 4.78 is 11.5. The van der Waals surface area contributed by atoms with Crippen molar-refractivity contribution in [2.75, 3.05) is 19.5 Å². The molecule has 0 aliphatic rings. The number of nitrogens with one attached hydrogen (secondary N) is 2. The number of anilines is 1. The van der Waals surface area contributed by atoms with Crippen LogP contribution in [0.5, 0.6) is 5.88 Å². The number of benzene rings is 3. The smallest absolute Gasteiger partial charge is 0.328 e. The van der Waals surface area contributed by atoms with E-state index < -0.39 is 40.7 Å². The third kappa shape index (κ3) is 8.53. The van der Waals surface area contributed by atoms with Gasteiger partial charge in [-0.2, -0.15) is 9.97 Å². The summed E-state index contributed by atoms with van der Waals surface area (Å²) in [5.74, 6) is 3.53. The van der Waals surface area contributed by atoms with Crippen LogP contribution in [0.3, 0.4) is 0 Å². The van der Waals surface area contributed by atoms with E-state index in [4.69, 9.17) is 14.5 Å². The van der Waals surface area contributed by atoms with Gasteiger partial charge in [0.15, 0.2) is 11.5 Å². The minimum absolute atomic E-state index is 0.0730. The fraction of sp³-hybridized carbons (Fsp3) is 0.227. The highest BCUT2D eigenvalue weighted by Gasteiger charge is 2.41. The maximum atomic E-state index is 14.1. The molecular formula is C44H41N7O7. The molecular weight excluding hydrogens is 739 g/mol. The highest BCUT2D eigenvalue weighted by Crippen LogP contribution is 2.41. The topological polar surface area (TPSA) is 188 Å². The fourth-order valence-corrected chi connectivity index (χ4v) is 6.31. The SMILES string of the molecule is COC(=O)CC[C@H](NC(=O)c1cn(C(c2ccccc2)(c2ccccc2)c2ccccc2)c(C#Cc2cnc3nc(NC(=O)C(C)(C)C)nc(O)c3c2)n1)C(=O)OC. The molecule has 0 spiro atoms. The van der Waals surface area contributed by atoms with Gasteiger partial charge in [0, 0.05) is 29.8 Å². The third-order valence-electron chi connectivity index (χ3n) is 9.29. The van der Waals surface area contributed by atoms with Crippen molar-refractivity contribution in [3.05, 3.63) is 143 Å². The zero-order valence-electron chi connectivity index (χ0n) is 32.5. The van der Waals surface area contributed by atoms with Crippen molar-refractivity contribution in [3.63, 3.8) is 0 Å². The van der Waals surface area contributed by atoms with Crippen molar-refractivity contribution in [2.24, 2.45) is 5.41 Å². The predicted octanol–water partition coefficient (Wildman–Crippen LogP) is 5.38. The molecule has 294 valence electrons. The van der Waals surface area contributed by atoms with Crippen LogP contribution in [0.1, 0.15) is 72.2 Å². The van der Waals surface area contributed by atoms with E-state index in [9.17, 15) is 24.3 Å². The molecule has 3 aromatic carbocycles. The van der Waals surface area contributed by atoms with E-state index >= 15 is 0 Å². The minimum Gasteiger partial charge on any atom is -0.493 e. The van der Waals surface area contributed by atoms with Gasteiger partial charge in [-0.25, -0.2) is 14.8 Å². The molecule has 58 heavy (non-hydrogen) atoms.